The molecule has 2 unspecified atom stereocenters. The third kappa shape index (κ3) is 2.68. The maximum Gasteiger partial charge on any atom is 0.357 e. The Kier molecular flexibility index (Phi) is 3.52. The second kappa shape index (κ2) is 5.13. The third-order valence-corrected chi connectivity index (χ3v) is 6.39. The predicted molar refractivity (Wildman–Crippen MR) is 87.6 cm³/mol. The molecule has 3 aliphatic rings. The summed E-state index contributed by atoms with van der Waals surface area (Å²) in [6.07, 6.45) is 2.89. The lowest BCUT2D eigenvalue weighted by atomic mass is 10.0. The Balaban J connectivity index is 1.65. The van der Waals surface area contributed by atoms with Gasteiger partial charge in [0, 0.05) is 25.3 Å². The first-order chi connectivity index (χ1) is 10.9. The van der Waals surface area contributed by atoms with Crippen molar-refractivity contribution in [1.82, 2.24) is 9.78 Å². The van der Waals surface area contributed by atoms with Crippen LogP contribution in [-0.2, 0) is 11.3 Å². The summed E-state index contributed by atoms with van der Waals surface area (Å²) in [5.74, 6) is -2.48. The molecule has 0 N–H and O–H groups in total. The molecule has 0 radical (unpaired) electrons. The Bertz CT molecular complexity index is 671. The highest BCUT2D eigenvalue weighted by Gasteiger charge is 2.66. The van der Waals surface area contributed by atoms with Crippen molar-refractivity contribution in [1.29, 1.82) is 0 Å². The molecule has 7 heteroatoms. The minimum atomic E-state index is -2.56. The Morgan fingerprint density at radius 1 is 1.43 bits per heavy atom. The van der Waals surface area contributed by atoms with E-state index in [1.54, 1.807) is 11.6 Å². The molecule has 1 aromatic heterocycles. The van der Waals surface area contributed by atoms with Crippen LogP contribution in [0, 0.1) is 14.9 Å². The Morgan fingerprint density at radius 2 is 2.17 bits per heavy atom. The molecule has 1 heterocycles. The highest BCUT2D eigenvalue weighted by molar-refractivity contribution is 14.1. The number of carbonyl (C=O) groups is 1. The van der Waals surface area contributed by atoms with Crippen LogP contribution in [0.5, 0.6) is 0 Å². The van der Waals surface area contributed by atoms with Gasteiger partial charge in [0.15, 0.2) is 5.69 Å². The predicted octanol–water partition coefficient (Wildman–Crippen LogP) is 3.98. The molecule has 1 aromatic rings. The van der Waals surface area contributed by atoms with Gasteiger partial charge >= 0.3 is 5.97 Å². The van der Waals surface area contributed by atoms with E-state index in [-0.39, 0.29) is 24.2 Å². The van der Waals surface area contributed by atoms with Crippen LogP contribution in [0.2, 0.25) is 0 Å². The van der Waals surface area contributed by atoms with Crippen molar-refractivity contribution in [3.8, 4) is 0 Å². The quantitative estimate of drug-likeness (QED) is 0.518. The van der Waals surface area contributed by atoms with Crippen LogP contribution in [0.4, 0.5) is 8.78 Å². The van der Waals surface area contributed by atoms with Crippen LogP contribution in [0.15, 0.2) is 0 Å². The second-order valence-corrected chi connectivity index (χ2v) is 8.28. The van der Waals surface area contributed by atoms with Gasteiger partial charge < -0.3 is 4.74 Å². The minimum absolute atomic E-state index is 0.0183. The maximum absolute atomic E-state index is 13.7. The van der Waals surface area contributed by atoms with E-state index in [0.717, 1.165) is 28.5 Å². The molecule has 0 aromatic carbocycles. The van der Waals surface area contributed by atoms with Gasteiger partial charge in [-0.15, -0.1) is 0 Å². The number of rotatable bonds is 5. The van der Waals surface area contributed by atoms with E-state index >= 15 is 0 Å². The molecule has 0 spiro atoms. The molecule has 3 fully saturated rings. The molecule has 0 aliphatic heterocycles. The van der Waals surface area contributed by atoms with Crippen molar-refractivity contribution >= 4 is 28.6 Å². The number of hydrogen-bond donors (Lipinski definition) is 0. The fraction of sp³-hybridized carbons (Fsp3) is 0.750. The van der Waals surface area contributed by atoms with E-state index in [1.807, 2.05) is 0 Å². The lowest BCUT2D eigenvalue weighted by Gasteiger charge is -2.17. The average molecular weight is 436 g/mol. The van der Waals surface area contributed by atoms with E-state index in [2.05, 4.69) is 27.7 Å². The van der Waals surface area contributed by atoms with Crippen LogP contribution in [0.25, 0.3) is 0 Å². The van der Waals surface area contributed by atoms with Crippen LogP contribution < -0.4 is 0 Å². The number of halogens is 3. The summed E-state index contributed by atoms with van der Waals surface area (Å²) in [5, 5.41) is 4.62. The van der Waals surface area contributed by atoms with Gasteiger partial charge in [-0.05, 0) is 60.1 Å². The number of esters is 1. The van der Waals surface area contributed by atoms with Crippen LogP contribution in [0.1, 0.15) is 61.1 Å². The number of alkyl halides is 2. The summed E-state index contributed by atoms with van der Waals surface area (Å²) in [6, 6.07) is 0. The summed E-state index contributed by atoms with van der Waals surface area (Å²) in [5.41, 5.74) is 1.01. The fourth-order valence-corrected chi connectivity index (χ4v) is 5.06. The van der Waals surface area contributed by atoms with Crippen molar-refractivity contribution in [2.24, 2.45) is 11.3 Å². The third-order valence-electron chi connectivity index (χ3n) is 5.33. The molecule has 23 heavy (non-hydrogen) atoms. The first kappa shape index (κ1) is 15.8. The molecular formula is C16H19F2IN2O2. The summed E-state index contributed by atoms with van der Waals surface area (Å²) in [4.78, 5) is 12.3. The number of aromatic nitrogens is 2. The average Bonchev–Trinajstić information content (AvgIpc) is 3.32. The lowest BCUT2D eigenvalue weighted by molar-refractivity contribution is -0.0117. The number of hydrogen-bond acceptors (Lipinski definition) is 3. The van der Waals surface area contributed by atoms with Gasteiger partial charge in [0.05, 0.1) is 15.9 Å². The van der Waals surface area contributed by atoms with Gasteiger partial charge in [-0.25, -0.2) is 13.6 Å². The number of fused-ring (bicyclic) bond motifs is 1. The zero-order valence-electron chi connectivity index (χ0n) is 12.9. The van der Waals surface area contributed by atoms with Crippen molar-refractivity contribution in [2.75, 3.05) is 6.61 Å². The van der Waals surface area contributed by atoms with Crippen LogP contribution in [-0.4, -0.2) is 28.3 Å². The van der Waals surface area contributed by atoms with Gasteiger partial charge in [0.1, 0.15) is 0 Å². The van der Waals surface area contributed by atoms with Crippen molar-refractivity contribution < 1.29 is 18.3 Å². The first-order valence-corrected chi connectivity index (χ1v) is 9.24. The van der Waals surface area contributed by atoms with E-state index in [9.17, 15) is 13.6 Å². The number of nitrogens with zero attached hydrogens (tertiary/aromatic N) is 2. The molecular weight excluding hydrogens is 417 g/mol. The van der Waals surface area contributed by atoms with Gasteiger partial charge in [-0.1, -0.05) is 0 Å². The molecule has 2 atom stereocenters. The monoisotopic (exact) mass is 436 g/mol. The van der Waals surface area contributed by atoms with Crippen molar-refractivity contribution in [2.45, 2.75) is 57.4 Å². The minimum Gasteiger partial charge on any atom is -0.461 e. The van der Waals surface area contributed by atoms with E-state index in [4.69, 9.17) is 4.74 Å². The normalized spacial score (nSPS) is 31.0. The smallest absolute Gasteiger partial charge is 0.357 e. The zero-order valence-corrected chi connectivity index (χ0v) is 15.1. The Labute approximate surface area is 147 Å². The van der Waals surface area contributed by atoms with Crippen LogP contribution >= 0.6 is 22.6 Å². The van der Waals surface area contributed by atoms with Gasteiger partial charge in [0.25, 0.3) is 0 Å². The Morgan fingerprint density at radius 3 is 2.74 bits per heavy atom. The molecule has 3 saturated carbocycles. The molecule has 0 bridgehead atoms. The Hall–Kier alpha value is -0.730. The van der Waals surface area contributed by atoms with E-state index in [0.29, 0.717) is 24.8 Å². The van der Waals surface area contributed by atoms with Crippen molar-refractivity contribution in [3.05, 3.63) is 15.0 Å². The second-order valence-electron chi connectivity index (χ2n) is 7.20. The van der Waals surface area contributed by atoms with Crippen molar-refractivity contribution in [3.63, 3.8) is 0 Å². The molecule has 0 saturated heterocycles. The lowest BCUT2D eigenvalue weighted by Crippen LogP contribution is -2.22. The fourth-order valence-electron chi connectivity index (χ4n) is 4.02. The molecule has 126 valence electrons. The van der Waals surface area contributed by atoms with Gasteiger partial charge in [0.2, 0.25) is 5.92 Å². The summed E-state index contributed by atoms with van der Waals surface area (Å²) >= 11 is 2.15. The standard InChI is InChI=1S/C16H19F2IN2O2/c1-2-23-14(22)13-11(19)12(9-3-4-9)20-21(13)8-15-5-10(15)6-16(17,18)7-15/h9-10H,2-8H2,1H3. The largest absolute Gasteiger partial charge is 0.461 e. The van der Waals surface area contributed by atoms with Gasteiger partial charge in [-0.3, -0.25) is 4.68 Å². The van der Waals surface area contributed by atoms with E-state index in [1.165, 1.54) is 0 Å². The molecule has 3 aliphatic carbocycles. The molecule has 0 amide bonds. The highest BCUT2D eigenvalue weighted by atomic mass is 127. The SMILES string of the molecule is CCOC(=O)c1c(I)c(C2CC2)nn1CC12CC1CC(F)(F)C2. The highest BCUT2D eigenvalue weighted by Crippen LogP contribution is 2.68. The molecule has 4 rings (SSSR count). The molecule has 4 nitrogen and oxygen atoms in total. The van der Waals surface area contributed by atoms with Gasteiger partial charge in [-0.2, -0.15) is 5.10 Å². The summed E-state index contributed by atoms with van der Waals surface area (Å²) in [7, 11) is 0. The summed E-state index contributed by atoms with van der Waals surface area (Å²) in [6.45, 7) is 2.47. The number of ether oxygens (including phenoxy) is 1. The van der Waals surface area contributed by atoms with E-state index < -0.39 is 11.9 Å². The summed E-state index contributed by atoms with van der Waals surface area (Å²) < 4.78 is 35.0. The number of carbonyl (C=O) groups excluding carboxylic acids is 1. The topological polar surface area (TPSA) is 44.1 Å². The first-order valence-electron chi connectivity index (χ1n) is 8.16. The van der Waals surface area contributed by atoms with Crippen LogP contribution in [0.3, 0.4) is 0 Å². The maximum atomic E-state index is 13.7. The zero-order chi connectivity index (χ0) is 16.4.